The van der Waals surface area contributed by atoms with Gasteiger partial charge in [0, 0.05) is 17.0 Å². The zero-order valence-electron chi connectivity index (χ0n) is 11.1. The maximum Gasteiger partial charge on any atom is 0.243 e. The first kappa shape index (κ1) is 14.1. The van der Waals surface area contributed by atoms with Crippen molar-refractivity contribution >= 4 is 17.5 Å². The third-order valence-electron chi connectivity index (χ3n) is 4.04. The lowest BCUT2D eigenvalue weighted by Crippen LogP contribution is -2.42. The molecule has 0 aromatic heterocycles. The number of halogens is 1. The summed E-state index contributed by atoms with van der Waals surface area (Å²) in [5.74, 6) is -0.114. The van der Waals surface area contributed by atoms with Gasteiger partial charge in [-0.2, -0.15) is 0 Å². The molecule has 0 saturated heterocycles. The van der Waals surface area contributed by atoms with Crippen molar-refractivity contribution in [2.75, 3.05) is 6.54 Å². The van der Waals surface area contributed by atoms with Gasteiger partial charge < -0.3 is 5.32 Å². The minimum atomic E-state index is -0.114. The Bertz CT molecular complexity index is 464. The third-order valence-corrected chi connectivity index (χ3v) is 4.37. The van der Waals surface area contributed by atoms with Crippen molar-refractivity contribution in [3.63, 3.8) is 0 Å². The Morgan fingerprint density at radius 3 is 2.63 bits per heavy atom. The van der Waals surface area contributed by atoms with E-state index in [-0.39, 0.29) is 11.3 Å². The van der Waals surface area contributed by atoms with Gasteiger partial charge in [0.2, 0.25) is 5.91 Å². The second-order valence-electron chi connectivity index (χ2n) is 5.24. The number of carbonyl (C=O) groups is 1. The van der Waals surface area contributed by atoms with Crippen LogP contribution in [0, 0.1) is 0 Å². The Morgan fingerprint density at radius 2 is 2.00 bits per heavy atom. The van der Waals surface area contributed by atoms with Crippen LogP contribution in [0.1, 0.15) is 37.7 Å². The van der Waals surface area contributed by atoms with Crippen LogP contribution in [-0.2, 0) is 10.2 Å². The molecule has 2 nitrogen and oxygen atoms in total. The second kappa shape index (κ2) is 6.25. The molecule has 1 N–H and O–H groups in total. The van der Waals surface area contributed by atoms with E-state index in [0.717, 1.165) is 17.9 Å². The Hall–Kier alpha value is -1.28. The maximum atomic E-state index is 11.5. The van der Waals surface area contributed by atoms with E-state index < -0.39 is 0 Å². The summed E-state index contributed by atoms with van der Waals surface area (Å²) < 4.78 is 0. The molecule has 1 saturated carbocycles. The molecule has 1 aliphatic rings. The molecule has 1 aromatic carbocycles. The SMILES string of the molecule is C=CC(=O)NCC1(c2ccccc2Cl)CCCCC1. The number of rotatable bonds is 4. The van der Waals surface area contributed by atoms with E-state index in [1.807, 2.05) is 18.2 Å². The van der Waals surface area contributed by atoms with Crippen LogP contribution < -0.4 is 5.32 Å². The largest absolute Gasteiger partial charge is 0.352 e. The highest BCUT2D eigenvalue weighted by Gasteiger charge is 2.35. The summed E-state index contributed by atoms with van der Waals surface area (Å²) in [6, 6.07) is 7.99. The third kappa shape index (κ3) is 3.19. The summed E-state index contributed by atoms with van der Waals surface area (Å²) in [5, 5.41) is 3.76. The van der Waals surface area contributed by atoms with Gasteiger partial charge in [-0.05, 0) is 30.5 Å². The fraction of sp³-hybridized carbons (Fsp3) is 0.438. The van der Waals surface area contributed by atoms with Crippen molar-refractivity contribution in [2.45, 2.75) is 37.5 Å². The van der Waals surface area contributed by atoms with Gasteiger partial charge in [-0.15, -0.1) is 0 Å². The van der Waals surface area contributed by atoms with Crippen molar-refractivity contribution in [3.8, 4) is 0 Å². The summed E-state index contributed by atoms with van der Waals surface area (Å²) in [7, 11) is 0. The quantitative estimate of drug-likeness (QED) is 0.833. The maximum absolute atomic E-state index is 11.5. The van der Waals surface area contributed by atoms with Crippen LogP contribution in [-0.4, -0.2) is 12.5 Å². The summed E-state index contributed by atoms with van der Waals surface area (Å²) >= 11 is 6.36. The molecule has 0 spiro atoms. The van der Waals surface area contributed by atoms with Gasteiger partial charge in [0.25, 0.3) is 0 Å². The van der Waals surface area contributed by atoms with Gasteiger partial charge in [0.15, 0.2) is 0 Å². The van der Waals surface area contributed by atoms with Gasteiger partial charge in [-0.25, -0.2) is 0 Å². The summed E-state index contributed by atoms with van der Waals surface area (Å²) in [6.07, 6.45) is 7.12. The molecule has 0 radical (unpaired) electrons. The zero-order chi connectivity index (χ0) is 13.7. The molecular weight excluding hydrogens is 258 g/mol. The van der Waals surface area contributed by atoms with Crippen LogP contribution in [0.2, 0.25) is 5.02 Å². The molecule has 2 rings (SSSR count). The Kier molecular flexibility index (Phi) is 4.65. The summed E-state index contributed by atoms with van der Waals surface area (Å²) in [6.45, 7) is 4.14. The van der Waals surface area contributed by atoms with Crippen molar-refractivity contribution in [3.05, 3.63) is 47.5 Å². The van der Waals surface area contributed by atoms with Crippen LogP contribution in [0.3, 0.4) is 0 Å². The molecule has 0 aliphatic heterocycles. The molecular formula is C16H20ClNO. The van der Waals surface area contributed by atoms with Crippen molar-refractivity contribution in [1.29, 1.82) is 0 Å². The molecule has 0 heterocycles. The van der Waals surface area contributed by atoms with Gasteiger partial charge >= 0.3 is 0 Å². The van der Waals surface area contributed by atoms with Crippen molar-refractivity contribution in [1.82, 2.24) is 5.32 Å². The number of hydrogen-bond acceptors (Lipinski definition) is 1. The minimum absolute atomic E-state index is 0.0186. The van der Waals surface area contributed by atoms with Crippen molar-refractivity contribution in [2.24, 2.45) is 0 Å². The van der Waals surface area contributed by atoms with E-state index in [0.29, 0.717) is 6.54 Å². The average Bonchev–Trinajstić information content (AvgIpc) is 2.46. The van der Waals surface area contributed by atoms with Crippen LogP contribution >= 0.6 is 11.6 Å². The van der Waals surface area contributed by atoms with Crippen LogP contribution in [0.4, 0.5) is 0 Å². The van der Waals surface area contributed by atoms with Crippen LogP contribution in [0.5, 0.6) is 0 Å². The number of nitrogens with one attached hydrogen (secondary N) is 1. The Balaban J connectivity index is 2.26. The fourth-order valence-electron chi connectivity index (χ4n) is 2.99. The lowest BCUT2D eigenvalue weighted by atomic mass is 9.69. The van der Waals surface area contributed by atoms with E-state index in [4.69, 9.17) is 11.6 Å². The number of amides is 1. The van der Waals surface area contributed by atoms with E-state index >= 15 is 0 Å². The first-order valence-corrected chi connectivity index (χ1v) is 7.21. The Morgan fingerprint density at radius 1 is 1.32 bits per heavy atom. The Labute approximate surface area is 119 Å². The van der Waals surface area contributed by atoms with Crippen molar-refractivity contribution < 1.29 is 4.79 Å². The highest BCUT2D eigenvalue weighted by atomic mass is 35.5. The molecule has 19 heavy (non-hydrogen) atoms. The zero-order valence-corrected chi connectivity index (χ0v) is 11.9. The molecule has 0 atom stereocenters. The van der Waals surface area contributed by atoms with E-state index in [9.17, 15) is 4.79 Å². The summed E-state index contributed by atoms with van der Waals surface area (Å²) in [5.41, 5.74) is 1.15. The van der Waals surface area contributed by atoms with Gasteiger partial charge in [-0.3, -0.25) is 4.79 Å². The second-order valence-corrected chi connectivity index (χ2v) is 5.65. The minimum Gasteiger partial charge on any atom is -0.352 e. The smallest absolute Gasteiger partial charge is 0.243 e. The molecule has 0 unspecified atom stereocenters. The predicted octanol–water partition coefficient (Wildman–Crippen LogP) is 3.84. The lowest BCUT2D eigenvalue weighted by molar-refractivity contribution is -0.116. The standard InChI is InChI=1S/C16H20ClNO/c1-2-15(19)18-12-16(10-6-3-7-11-16)13-8-4-5-9-14(13)17/h2,4-5,8-9H,1,3,6-7,10-12H2,(H,18,19). The topological polar surface area (TPSA) is 29.1 Å². The van der Waals surface area contributed by atoms with E-state index in [1.165, 1.54) is 30.9 Å². The number of carbonyl (C=O) groups excluding carboxylic acids is 1. The monoisotopic (exact) mass is 277 g/mol. The van der Waals surface area contributed by atoms with Crippen LogP contribution in [0.25, 0.3) is 0 Å². The highest BCUT2D eigenvalue weighted by Crippen LogP contribution is 2.41. The molecule has 1 aliphatic carbocycles. The fourth-order valence-corrected chi connectivity index (χ4v) is 3.33. The van der Waals surface area contributed by atoms with E-state index in [2.05, 4.69) is 18.0 Å². The van der Waals surface area contributed by atoms with Gasteiger partial charge in [0.1, 0.15) is 0 Å². The molecule has 0 bridgehead atoms. The normalized spacial score (nSPS) is 17.7. The number of benzene rings is 1. The van der Waals surface area contributed by atoms with Crippen LogP contribution in [0.15, 0.2) is 36.9 Å². The first-order chi connectivity index (χ1) is 9.18. The van der Waals surface area contributed by atoms with Gasteiger partial charge in [0.05, 0.1) is 0 Å². The molecule has 1 aromatic rings. The number of hydrogen-bond donors (Lipinski definition) is 1. The summed E-state index contributed by atoms with van der Waals surface area (Å²) in [4.78, 5) is 11.5. The highest BCUT2D eigenvalue weighted by molar-refractivity contribution is 6.31. The average molecular weight is 278 g/mol. The molecule has 3 heteroatoms. The molecule has 1 amide bonds. The van der Waals surface area contributed by atoms with Gasteiger partial charge in [-0.1, -0.05) is 55.6 Å². The van der Waals surface area contributed by atoms with E-state index in [1.54, 1.807) is 0 Å². The predicted molar refractivity (Wildman–Crippen MR) is 79.4 cm³/mol. The first-order valence-electron chi connectivity index (χ1n) is 6.83. The molecule has 102 valence electrons. The lowest BCUT2D eigenvalue weighted by Gasteiger charge is -2.38. The molecule has 1 fully saturated rings.